The summed E-state index contributed by atoms with van der Waals surface area (Å²) in [5, 5.41) is 6.59. The number of hydrogen-bond acceptors (Lipinski definition) is 3. The van der Waals surface area contributed by atoms with Crippen LogP contribution in [-0.2, 0) is 4.79 Å². The Morgan fingerprint density at radius 3 is 2.74 bits per heavy atom. The minimum atomic E-state index is 0. The van der Waals surface area contributed by atoms with Gasteiger partial charge in [0.15, 0.2) is 5.96 Å². The number of benzene rings is 1. The SMILES string of the molecule is CCNC(=NCCC(=O)N1CCCCC1C)NCCSc1ccccc1.I. The third kappa shape index (κ3) is 9.19. The Balaban J connectivity index is 0.00000364. The standard InChI is InChI=1S/C20H32N4OS.HI/c1-3-21-20(23-14-16-26-18-10-5-4-6-11-18)22-13-12-19(25)24-15-8-7-9-17(24)2;/h4-6,10-11,17H,3,7-9,12-16H2,1-2H3,(H2,21,22,23);1H. The smallest absolute Gasteiger partial charge is 0.224 e. The fraction of sp³-hybridized carbons (Fsp3) is 0.600. The minimum absolute atomic E-state index is 0. The summed E-state index contributed by atoms with van der Waals surface area (Å²) in [4.78, 5) is 20.2. The maximum Gasteiger partial charge on any atom is 0.224 e. The second kappa shape index (κ2) is 14.1. The summed E-state index contributed by atoms with van der Waals surface area (Å²) < 4.78 is 0. The highest BCUT2D eigenvalue weighted by molar-refractivity contribution is 14.0. The van der Waals surface area contributed by atoms with Crippen molar-refractivity contribution in [2.24, 2.45) is 4.99 Å². The third-order valence-corrected chi connectivity index (χ3v) is 5.48. The van der Waals surface area contributed by atoms with E-state index in [1.54, 1.807) is 0 Å². The van der Waals surface area contributed by atoms with Crippen LogP contribution in [0.25, 0.3) is 0 Å². The normalized spacial score (nSPS) is 17.2. The Hall–Kier alpha value is -0.960. The van der Waals surface area contributed by atoms with Gasteiger partial charge in [-0.1, -0.05) is 18.2 Å². The van der Waals surface area contributed by atoms with Gasteiger partial charge in [0.1, 0.15) is 0 Å². The van der Waals surface area contributed by atoms with Crippen molar-refractivity contribution in [2.75, 3.05) is 31.9 Å². The summed E-state index contributed by atoms with van der Waals surface area (Å²) in [5.74, 6) is 2.00. The van der Waals surface area contributed by atoms with Gasteiger partial charge >= 0.3 is 0 Å². The molecule has 7 heteroatoms. The van der Waals surface area contributed by atoms with E-state index in [2.05, 4.69) is 53.7 Å². The fourth-order valence-corrected chi connectivity index (χ4v) is 3.86. The van der Waals surface area contributed by atoms with Crippen LogP contribution in [0.4, 0.5) is 0 Å². The highest BCUT2D eigenvalue weighted by Crippen LogP contribution is 2.17. The number of thioether (sulfide) groups is 1. The fourth-order valence-electron chi connectivity index (χ4n) is 3.07. The van der Waals surface area contributed by atoms with Crippen LogP contribution in [0, 0.1) is 0 Å². The largest absolute Gasteiger partial charge is 0.357 e. The highest BCUT2D eigenvalue weighted by Gasteiger charge is 2.22. The molecule has 1 aliphatic rings. The predicted molar refractivity (Wildman–Crippen MR) is 126 cm³/mol. The average molecular weight is 504 g/mol. The van der Waals surface area contributed by atoms with E-state index >= 15 is 0 Å². The van der Waals surface area contributed by atoms with Crippen LogP contribution in [0.3, 0.4) is 0 Å². The summed E-state index contributed by atoms with van der Waals surface area (Å²) in [6.07, 6.45) is 3.97. The number of hydrogen-bond donors (Lipinski definition) is 2. The molecule has 2 N–H and O–H groups in total. The third-order valence-electron chi connectivity index (χ3n) is 4.47. The van der Waals surface area contributed by atoms with Crippen molar-refractivity contribution >= 4 is 47.6 Å². The first-order chi connectivity index (χ1) is 12.7. The lowest BCUT2D eigenvalue weighted by atomic mass is 10.0. The molecule has 0 saturated carbocycles. The number of nitrogens with one attached hydrogen (secondary N) is 2. The molecule has 1 aromatic rings. The molecule has 1 saturated heterocycles. The number of guanidine groups is 1. The van der Waals surface area contributed by atoms with Crippen molar-refractivity contribution in [2.45, 2.75) is 50.5 Å². The Morgan fingerprint density at radius 2 is 2.04 bits per heavy atom. The zero-order valence-corrected chi connectivity index (χ0v) is 19.6. The van der Waals surface area contributed by atoms with Crippen LogP contribution >= 0.6 is 35.7 Å². The van der Waals surface area contributed by atoms with Crippen LogP contribution in [-0.4, -0.2) is 54.7 Å². The zero-order valence-electron chi connectivity index (χ0n) is 16.4. The van der Waals surface area contributed by atoms with Crippen LogP contribution in [0.15, 0.2) is 40.2 Å². The van der Waals surface area contributed by atoms with Gasteiger partial charge in [-0.15, -0.1) is 35.7 Å². The molecule has 0 aromatic heterocycles. The van der Waals surface area contributed by atoms with E-state index in [9.17, 15) is 4.79 Å². The molecule has 1 aromatic carbocycles. The van der Waals surface area contributed by atoms with E-state index in [1.165, 1.54) is 11.3 Å². The molecule has 1 heterocycles. The monoisotopic (exact) mass is 504 g/mol. The minimum Gasteiger partial charge on any atom is -0.357 e. The molecule has 2 rings (SSSR count). The number of halogens is 1. The Kier molecular flexibility index (Phi) is 12.6. The summed E-state index contributed by atoms with van der Waals surface area (Å²) in [6.45, 7) is 7.28. The molecule has 1 unspecified atom stereocenters. The van der Waals surface area contributed by atoms with E-state index in [-0.39, 0.29) is 29.9 Å². The quantitative estimate of drug-likeness (QED) is 0.186. The number of piperidine rings is 1. The lowest BCUT2D eigenvalue weighted by Gasteiger charge is -2.33. The number of amides is 1. The van der Waals surface area contributed by atoms with Crippen LogP contribution in [0.5, 0.6) is 0 Å². The molecular formula is C20H33IN4OS. The van der Waals surface area contributed by atoms with E-state index in [0.29, 0.717) is 19.0 Å². The maximum absolute atomic E-state index is 12.4. The lowest BCUT2D eigenvalue weighted by molar-refractivity contribution is -0.134. The Labute approximate surface area is 185 Å². The molecule has 1 atom stereocenters. The molecule has 1 fully saturated rings. The summed E-state index contributed by atoms with van der Waals surface area (Å²) in [7, 11) is 0. The van der Waals surface area contributed by atoms with Gasteiger partial charge < -0.3 is 15.5 Å². The van der Waals surface area contributed by atoms with Gasteiger partial charge in [0.2, 0.25) is 5.91 Å². The van der Waals surface area contributed by atoms with E-state index in [0.717, 1.165) is 44.2 Å². The molecule has 0 radical (unpaired) electrons. The number of nitrogens with zero attached hydrogens (tertiary/aromatic N) is 2. The van der Waals surface area contributed by atoms with Crippen LogP contribution in [0.1, 0.15) is 39.5 Å². The van der Waals surface area contributed by atoms with Gasteiger partial charge in [0.05, 0.1) is 6.54 Å². The predicted octanol–water partition coefficient (Wildman–Crippen LogP) is 3.74. The molecule has 0 spiro atoms. The Morgan fingerprint density at radius 1 is 1.26 bits per heavy atom. The van der Waals surface area contributed by atoms with E-state index in [4.69, 9.17) is 0 Å². The van der Waals surface area contributed by atoms with E-state index < -0.39 is 0 Å². The van der Waals surface area contributed by atoms with Crippen molar-refractivity contribution in [1.29, 1.82) is 0 Å². The summed E-state index contributed by atoms with van der Waals surface area (Å²) in [6, 6.07) is 10.8. The van der Waals surface area contributed by atoms with Gasteiger partial charge in [0.25, 0.3) is 0 Å². The molecule has 0 bridgehead atoms. The van der Waals surface area contributed by atoms with Crippen molar-refractivity contribution in [3.63, 3.8) is 0 Å². The van der Waals surface area contributed by atoms with Gasteiger partial charge in [-0.05, 0) is 45.2 Å². The molecule has 5 nitrogen and oxygen atoms in total. The second-order valence-electron chi connectivity index (χ2n) is 6.53. The van der Waals surface area contributed by atoms with Gasteiger partial charge in [-0.2, -0.15) is 0 Å². The van der Waals surface area contributed by atoms with Crippen molar-refractivity contribution in [3.05, 3.63) is 30.3 Å². The summed E-state index contributed by atoms with van der Waals surface area (Å²) >= 11 is 1.82. The van der Waals surface area contributed by atoms with Crippen molar-refractivity contribution in [1.82, 2.24) is 15.5 Å². The second-order valence-corrected chi connectivity index (χ2v) is 7.70. The summed E-state index contributed by atoms with van der Waals surface area (Å²) in [5.41, 5.74) is 0. The number of carbonyl (C=O) groups excluding carboxylic acids is 1. The molecule has 1 amide bonds. The van der Waals surface area contributed by atoms with Crippen molar-refractivity contribution < 1.29 is 4.79 Å². The molecule has 0 aliphatic carbocycles. The van der Waals surface area contributed by atoms with Crippen LogP contribution < -0.4 is 10.6 Å². The number of aliphatic imine (C=N–C) groups is 1. The first-order valence-corrected chi connectivity index (χ1v) is 10.7. The van der Waals surface area contributed by atoms with Gasteiger partial charge in [0, 0.05) is 42.7 Å². The first-order valence-electron chi connectivity index (χ1n) is 9.70. The first kappa shape index (κ1) is 24.1. The van der Waals surface area contributed by atoms with Gasteiger partial charge in [-0.25, -0.2) is 0 Å². The average Bonchev–Trinajstić information content (AvgIpc) is 2.66. The Bertz CT molecular complexity index is 570. The molecule has 27 heavy (non-hydrogen) atoms. The molecule has 152 valence electrons. The maximum atomic E-state index is 12.4. The number of rotatable bonds is 8. The van der Waals surface area contributed by atoms with Gasteiger partial charge in [-0.3, -0.25) is 9.79 Å². The van der Waals surface area contributed by atoms with Crippen LogP contribution in [0.2, 0.25) is 0 Å². The number of carbonyl (C=O) groups is 1. The molecule has 1 aliphatic heterocycles. The number of likely N-dealkylation sites (tertiary alicyclic amines) is 1. The molecular weight excluding hydrogens is 471 g/mol. The van der Waals surface area contributed by atoms with Crippen molar-refractivity contribution in [3.8, 4) is 0 Å². The highest BCUT2D eigenvalue weighted by atomic mass is 127. The lowest BCUT2D eigenvalue weighted by Crippen LogP contribution is -2.42. The topological polar surface area (TPSA) is 56.7 Å². The van der Waals surface area contributed by atoms with E-state index in [1.807, 2.05) is 22.7 Å². The zero-order chi connectivity index (χ0) is 18.6.